The molecule has 22 heavy (non-hydrogen) atoms. The SMILES string of the molecule is CCOCCOCc1cccc(NC(=O)CCCN)c1C.Cl. The number of carbonyl (C=O) groups excluding carboxylic acids is 1. The molecule has 5 nitrogen and oxygen atoms in total. The van der Waals surface area contributed by atoms with Crippen LogP contribution in [0.25, 0.3) is 0 Å². The van der Waals surface area contributed by atoms with Crippen LogP contribution in [0.4, 0.5) is 5.69 Å². The van der Waals surface area contributed by atoms with Crippen LogP contribution in [0, 0.1) is 6.92 Å². The predicted octanol–water partition coefficient (Wildman–Crippen LogP) is 2.65. The first-order valence-corrected chi connectivity index (χ1v) is 7.43. The third kappa shape index (κ3) is 7.75. The summed E-state index contributed by atoms with van der Waals surface area (Å²) in [6.07, 6.45) is 1.15. The number of benzene rings is 1. The first-order valence-electron chi connectivity index (χ1n) is 7.43. The average Bonchev–Trinajstić information content (AvgIpc) is 2.48. The quantitative estimate of drug-likeness (QED) is 0.647. The zero-order chi connectivity index (χ0) is 15.5. The molecule has 0 spiro atoms. The molecule has 0 heterocycles. The van der Waals surface area contributed by atoms with Crippen molar-refractivity contribution in [2.45, 2.75) is 33.3 Å². The van der Waals surface area contributed by atoms with Crippen molar-refractivity contribution in [3.05, 3.63) is 29.3 Å². The highest BCUT2D eigenvalue weighted by molar-refractivity contribution is 5.91. The van der Waals surface area contributed by atoms with Gasteiger partial charge in [0.25, 0.3) is 0 Å². The van der Waals surface area contributed by atoms with Crippen LogP contribution in [0.3, 0.4) is 0 Å². The van der Waals surface area contributed by atoms with Crippen molar-refractivity contribution in [1.82, 2.24) is 0 Å². The molecule has 0 fully saturated rings. The Hall–Kier alpha value is -1.14. The van der Waals surface area contributed by atoms with Crippen molar-refractivity contribution in [2.24, 2.45) is 5.73 Å². The molecule has 1 aromatic rings. The molecule has 0 aliphatic carbocycles. The third-order valence-electron chi connectivity index (χ3n) is 3.16. The molecule has 0 aliphatic rings. The molecule has 6 heteroatoms. The highest BCUT2D eigenvalue weighted by Gasteiger charge is 2.07. The Morgan fingerprint density at radius 3 is 2.68 bits per heavy atom. The van der Waals surface area contributed by atoms with Gasteiger partial charge in [-0.1, -0.05) is 12.1 Å². The average molecular weight is 331 g/mol. The molecule has 0 aromatic heterocycles. The Labute approximate surface area is 139 Å². The monoisotopic (exact) mass is 330 g/mol. The van der Waals surface area contributed by atoms with Crippen molar-refractivity contribution >= 4 is 24.0 Å². The zero-order valence-corrected chi connectivity index (χ0v) is 14.2. The van der Waals surface area contributed by atoms with Gasteiger partial charge in [0.05, 0.1) is 19.8 Å². The van der Waals surface area contributed by atoms with Gasteiger partial charge in [-0.3, -0.25) is 4.79 Å². The van der Waals surface area contributed by atoms with E-state index in [1.54, 1.807) is 0 Å². The Morgan fingerprint density at radius 2 is 2.00 bits per heavy atom. The van der Waals surface area contributed by atoms with E-state index >= 15 is 0 Å². The number of hydrogen-bond donors (Lipinski definition) is 2. The molecule has 0 bridgehead atoms. The minimum absolute atomic E-state index is 0. The molecule has 3 N–H and O–H groups in total. The van der Waals surface area contributed by atoms with Gasteiger partial charge < -0.3 is 20.5 Å². The fourth-order valence-electron chi connectivity index (χ4n) is 1.89. The minimum atomic E-state index is -0.00189. The maximum atomic E-state index is 11.8. The summed E-state index contributed by atoms with van der Waals surface area (Å²) in [5, 5.41) is 2.92. The Balaban J connectivity index is 0.00000441. The van der Waals surface area contributed by atoms with Crippen molar-refractivity contribution in [3.63, 3.8) is 0 Å². The molecule has 0 atom stereocenters. The van der Waals surface area contributed by atoms with Crippen LogP contribution >= 0.6 is 12.4 Å². The van der Waals surface area contributed by atoms with Crippen molar-refractivity contribution < 1.29 is 14.3 Å². The summed E-state index contributed by atoms with van der Waals surface area (Å²) in [6, 6.07) is 5.83. The Bertz CT molecular complexity index is 441. The Kier molecular flexibility index (Phi) is 11.8. The van der Waals surface area contributed by atoms with E-state index in [1.807, 2.05) is 32.0 Å². The molecule has 0 saturated carbocycles. The van der Waals surface area contributed by atoms with Gasteiger partial charge in [0, 0.05) is 18.7 Å². The van der Waals surface area contributed by atoms with E-state index in [-0.39, 0.29) is 18.3 Å². The topological polar surface area (TPSA) is 73.6 Å². The van der Waals surface area contributed by atoms with E-state index in [0.717, 1.165) is 16.8 Å². The van der Waals surface area contributed by atoms with Gasteiger partial charge in [-0.15, -0.1) is 12.4 Å². The fourth-order valence-corrected chi connectivity index (χ4v) is 1.89. The number of anilines is 1. The third-order valence-corrected chi connectivity index (χ3v) is 3.16. The van der Waals surface area contributed by atoms with Crippen LogP contribution in [0.15, 0.2) is 18.2 Å². The second-order valence-corrected chi connectivity index (χ2v) is 4.78. The Morgan fingerprint density at radius 1 is 1.27 bits per heavy atom. The van der Waals surface area contributed by atoms with Crippen LogP contribution in [0.1, 0.15) is 30.9 Å². The van der Waals surface area contributed by atoms with Gasteiger partial charge in [-0.25, -0.2) is 0 Å². The number of nitrogens with two attached hydrogens (primary N) is 1. The smallest absolute Gasteiger partial charge is 0.224 e. The molecule has 0 unspecified atom stereocenters. The number of nitrogens with one attached hydrogen (secondary N) is 1. The minimum Gasteiger partial charge on any atom is -0.379 e. The molecule has 126 valence electrons. The summed E-state index contributed by atoms with van der Waals surface area (Å²) in [4.78, 5) is 11.8. The molecular weight excluding hydrogens is 304 g/mol. The fraction of sp³-hybridized carbons (Fsp3) is 0.562. The molecule has 0 radical (unpaired) electrons. The van der Waals surface area contributed by atoms with E-state index in [2.05, 4.69) is 5.32 Å². The van der Waals surface area contributed by atoms with Crippen LogP contribution in [-0.4, -0.2) is 32.3 Å². The number of amides is 1. The van der Waals surface area contributed by atoms with E-state index in [0.29, 0.717) is 45.8 Å². The molecule has 1 aromatic carbocycles. The van der Waals surface area contributed by atoms with E-state index < -0.39 is 0 Å². The molecule has 0 aliphatic heterocycles. The highest BCUT2D eigenvalue weighted by atomic mass is 35.5. The lowest BCUT2D eigenvalue weighted by Gasteiger charge is -2.13. The molecular formula is C16H27ClN2O3. The first-order chi connectivity index (χ1) is 10.2. The highest BCUT2D eigenvalue weighted by Crippen LogP contribution is 2.20. The number of hydrogen-bond acceptors (Lipinski definition) is 4. The van der Waals surface area contributed by atoms with Gasteiger partial charge in [-0.05, 0) is 44.0 Å². The van der Waals surface area contributed by atoms with Crippen LogP contribution < -0.4 is 11.1 Å². The second kappa shape index (κ2) is 12.4. The van der Waals surface area contributed by atoms with Crippen LogP contribution in [-0.2, 0) is 20.9 Å². The lowest BCUT2D eigenvalue weighted by atomic mass is 10.1. The summed E-state index contributed by atoms with van der Waals surface area (Å²) in [5.74, 6) is -0.00189. The first kappa shape index (κ1) is 20.9. The molecule has 1 rings (SSSR count). The standard InChI is InChI=1S/C16H26N2O3.ClH/c1-3-20-10-11-21-12-14-6-4-7-15(13(14)2)18-16(19)8-5-9-17;/h4,6-7H,3,5,8-12,17H2,1-2H3,(H,18,19);1H. The van der Waals surface area contributed by atoms with E-state index in [1.165, 1.54) is 0 Å². The predicted molar refractivity (Wildman–Crippen MR) is 91.5 cm³/mol. The van der Waals surface area contributed by atoms with Crippen LogP contribution in [0.5, 0.6) is 0 Å². The summed E-state index contributed by atoms with van der Waals surface area (Å²) < 4.78 is 10.8. The summed E-state index contributed by atoms with van der Waals surface area (Å²) in [7, 11) is 0. The largest absolute Gasteiger partial charge is 0.379 e. The number of carbonyl (C=O) groups is 1. The van der Waals surface area contributed by atoms with Gasteiger partial charge in [0.15, 0.2) is 0 Å². The second-order valence-electron chi connectivity index (χ2n) is 4.78. The van der Waals surface area contributed by atoms with Gasteiger partial charge in [0.2, 0.25) is 5.91 Å². The van der Waals surface area contributed by atoms with E-state index in [9.17, 15) is 4.79 Å². The van der Waals surface area contributed by atoms with Crippen molar-refractivity contribution in [1.29, 1.82) is 0 Å². The normalized spacial score (nSPS) is 10.1. The molecule has 0 saturated heterocycles. The van der Waals surface area contributed by atoms with Gasteiger partial charge >= 0.3 is 0 Å². The summed E-state index contributed by atoms with van der Waals surface area (Å²) in [6.45, 7) is 6.87. The number of ether oxygens (including phenoxy) is 2. The maximum absolute atomic E-state index is 11.8. The van der Waals surface area contributed by atoms with Crippen LogP contribution in [0.2, 0.25) is 0 Å². The lowest BCUT2D eigenvalue weighted by Crippen LogP contribution is -2.14. The summed E-state index contributed by atoms with van der Waals surface area (Å²) >= 11 is 0. The number of rotatable bonds is 10. The van der Waals surface area contributed by atoms with Gasteiger partial charge in [0.1, 0.15) is 0 Å². The maximum Gasteiger partial charge on any atom is 0.224 e. The number of halogens is 1. The molecule has 1 amide bonds. The lowest BCUT2D eigenvalue weighted by molar-refractivity contribution is -0.116. The zero-order valence-electron chi connectivity index (χ0n) is 13.4. The van der Waals surface area contributed by atoms with Crippen molar-refractivity contribution in [2.75, 3.05) is 31.7 Å². The van der Waals surface area contributed by atoms with E-state index in [4.69, 9.17) is 15.2 Å². The van der Waals surface area contributed by atoms with Gasteiger partial charge in [-0.2, -0.15) is 0 Å². The van der Waals surface area contributed by atoms with Crippen molar-refractivity contribution in [3.8, 4) is 0 Å². The summed E-state index contributed by atoms with van der Waals surface area (Å²) in [5.41, 5.74) is 8.35.